The standard InChI is InChI=1S/C9H10I2N4/c10-4-7-14-5-6(15-7)8(11)9-12-2-1-3-13-9/h1-2,5,8H,3-4H2,(H,12,13)(H,14,15). The monoisotopic (exact) mass is 428 g/mol. The maximum atomic E-state index is 4.40. The summed E-state index contributed by atoms with van der Waals surface area (Å²) in [7, 11) is 0. The zero-order chi connectivity index (χ0) is 10.7. The maximum Gasteiger partial charge on any atom is 0.120 e. The molecule has 4 nitrogen and oxygen atoms in total. The van der Waals surface area contributed by atoms with Crippen molar-refractivity contribution in [3.05, 3.63) is 30.0 Å². The summed E-state index contributed by atoms with van der Waals surface area (Å²) in [4.78, 5) is 12.0. The molecule has 0 fully saturated rings. The number of aromatic nitrogens is 2. The number of hydrogen-bond acceptors (Lipinski definition) is 3. The summed E-state index contributed by atoms with van der Waals surface area (Å²) in [6, 6.07) is 0. The third-order valence-electron chi connectivity index (χ3n) is 2.00. The quantitative estimate of drug-likeness (QED) is 0.574. The molecule has 0 aromatic carbocycles. The van der Waals surface area contributed by atoms with E-state index in [0.717, 1.165) is 28.3 Å². The number of nitrogens with one attached hydrogen (secondary N) is 2. The lowest BCUT2D eigenvalue weighted by atomic mass is 10.3. The minimum absolute atomic E-state index is 0.219. The van der Waals surface area contributed by atoms with Crippen molar-refractivity contribution >= 4 is 51.0 Å². The second kappa shape index (κ2) is 5.28. The van der Waals surface area contributed by atoms with Crippen molar-refractivity contribution in [1.82, 2.24) is 15.3 Å². The smallest absolute Gasteiger partial charge is 0.120 e. The van der Waals surface area contributed by atoms with Crippen LogP contribution in [-0.2, 0) is 4.43 Å². The molecule has 1 aromatic rings. The maximum absolute atomic E-state index is 4.40. The molecular weight excluding hydrogens is 418 g/mol. The van der Waals surface area contributed by atoms with Crippen LogP contribution >= 0.6 is 45.2 Å². The van der Waals surface area contributed by atoms with Crippen LogP contribution in [-0.4, -0.2) is 22.3 Å². The molecule has 2 rings (SSSR count). The topological polar surface area (TPSA) is 53.1 Å². The van der Waals surface area contributed by atoms with Gasteiger partial charge in [0.1, 0.15) is 15.6 Å². The molecule has 2 heterocycles. The van der Waals surface area contributed by atoms with Crippen molar-refractivity contribution in [1.29, 1.82) is 0 Å². The van der Waals surface area contributed by atoms with E-state index in [0.29, 0.717) is 0 Å². The Kier molecular flexibility index (Phi) is 4.00. The number of imidazole rings is 1. The van der Waals surface area contributed by atoms with Gasteiger partial charge in [-0.25, -0.2) is 4.98 Å². The molecule has 1 atom stereocenters. The first-order valence-corrected chi connectivity index (χ1v) is 7.28. The van der Waals surface area contributed by atoms with E-state index < -0.39 is 0 Å². The van der Waals surface area contributed by atoms with Gasteiger partial charge >= 0.3 is 0 Å². The summed E-state index contributed by atoms with van der Waals surface area (Å²) in [5, 5.41) is 3.16. The normalized spacial score (nSPS) is 17.1. The van der Waals surface area contributed by atoms with Gasteiger partial charge in [-0.2, -0.15) is 0 Å². The van der Waals surface area contributed by atoms with Crippen molar-refractivity contribution in [2.75, 3.05) is 6.54 Å². The highest BCUT2D eigenvalue weighted by Crippen LogP contribution is 2.23. The summed E-state index contributed by atoms with van der Waals surface area (Å²) < 4.78 is 1.12. The molecular formula is C9H10I2N4. The van der Waals surface area contributed by atoms with Gasteiger partial charge in [0, 0.05) is 6.20 Å². The van der Waals surface area contributed by atoms with E-state index in [1.807, 2.05) is 18.5 Å². The molecule has 15 heavy (non-hydrogen) atoms. The average molecular weight is 428 g/mol. The molecule has 0 aliphatic carbocycles. The number of aromatic amines is 1. The molecule has 80 valence electrons. The van der Waals surface area contributed by atoms with E-state index in [9.17, 15) is 0 Å². The molecule has 1 unspecified atom stereocenters. The van der Waals surface area contributed by atoms with Crippen LogP contribution in [0.25, 0.3) is 0 Å². The number of halogens is 2. The summed E-state index contributed by atoms with van der Waals surface area (Å²) in [5.41, 5.74) is 1.10. The largest absolute Gasteiger partial charge is 0.349 e. The lowest BCUT2D eigenvalue weighted by molar-refractivity contribution is 1.03. The highest BCUT2D eigenvalue weighted by molar-refractivity contribution is 14.1. The molecule has 1 aromatic heterocycles. The molecule has 1 aliphatic heterocycles. The van der Waals surface area contributed by atoms with E-state index in [4.69, 9.17) is 0 Å². The molecule has 0 radical (unpaired) electrons. The van der Waals surface area contributed by atoms with Gasteiger partial charge < -0.3 is 10.3 Å². The number of alkyl halides is 2. The minimum Gasteiger partial charge on any atom is -0.349 e. The van der Waals surface area contributed by atoms with Crippen LogP contribution in [0.5, 0.6) is 0 Å². The Morgan fingerprint density at radius 3 is 3.00 bits per heavy atom. The molecule has 0 amide bonds. The van der Waals surface area contributed by atoms with Crippen LogP contribution in [0.1, 0.15) is 15.4 Å². The van der Waals surface area contributed by atoms with Crippen molar-refractivity contribution < 1.29 is 0 Å². The SMILES string of the molecule is ICc1ncc(C(I)C2=NCC=CN2)[nH]1. The molecule has 0 spiro atoms. The minimum atomic E-state index is 0.219. The van der Waals surface area contributed by atoms with Gasteiger partial charge in [-0.15, -0.1) is 0 Å². The first-order valence-electron chi connectivity index (χ1n) is 4.51. The van der Waals surface area contributed by atoms with E-state index in [2.05, 4.69) is 65.5 Å². The predicted molar refractivity (Wildman–Crippen MR) is 77.7 cm³/mol. The third-order valence-corrected chi connectivity index (χ3v) is 3.99. The molecule has 2 N–H and O–H groups in total. The van der Waals surface area contributed by atoms with Crippen LogP contribution in [0.3, 0.4) is 0 Å². The first-order chi connectivity index (χ1) is 7.31. The summed E-state index contributed by atoms with van der Waals surface area (Å²) in [5.74, 6) is 2.00. The summed E-state index contributed by atoms with van der Waals surface area (Å²) in [6.07, 6.45) is 5.81. The van der Waals surface area contributed by atoms with Gasteiger partial charge in [0.2, 0.25) is 0 Å². The average Bonchev–Trinajstić information content (AvgIpc) is 2.78. The van der Waals surface area contributed by atoms with Crippen molar-refractivity contribution in [2.45, 2.75) is 8.35 Å². The fraction of sp³-hybridized carbons (Fsp3) is 0.333. The van der Waals surface area contributed by atoms with Crippen LogP contribution < -0.4 is 5.32 Å². The fourth-order valence-corrected chi connectivity index (χ4v) is 2.35. The van der Waals surface area contributed by atoms with Gasteiger partial charge in [0.05, 0.1) is 16.7 Å². The molecule has 0 saturated heterocycles. The van der Waals surface area contributed by atoms with Crippen LogP contribution in [0, 0.1) is 0 Å². The van der Waals surface area contributed by atoms with Crippen LogP contribution in [0.2, 0.25) is 0 Å². The zero-order valence-corrected chi connectivity index (χ0v) is 12.2. The Labute approximate surface area is 115 Å². The Morgan fingerprint density at radius 1 is 1.53 bits per heavy atom. The summed E-state index contributed by atoms with van der Waals surface area (Å²) in [6.45, 7) is 0.759. The zero-order valence-electron chi connectivity index (χ0n) is 7.87. The van der Waals surface area contributed by atoms with Crippen LogP contribution in [0.4, 0.5) is 0 Å². The predicted octanol–water partition coefficient (Wildman–Crippen LogP) is 2.34. The number of nitrogens with zero attached hydrogens (tertiary/aromatic N) is 2. The Morgan fingerprint density at radius 2 is 2.40 bits per heavy atom. The molecule has 0 bridgehead atoms. The van der Waals surface area contributed by atoms with Gasteiger partial charge in [0.15, 0.2) is 0 Å². The first kappa shape index (κ1) is 11.4. The van der Waals surface area contributed by atoms with E-state index in [-0.39, 0.29) is 3.92 Å². The number of H-pyrrole nitrogens is 1. The third kappa shape index (κ3) is 2.71. The Hall–Kier alpha value is -0.120. The van der Waals surface area contributed by atoms with Gasteiger partial charge in [-0.05, 0) is 12.3 Å². The Bertz CT molecular complexity index is 397. The number of hydrogen-bond donors (Lipinski definition) is 2. The Balaban J connectivity index is 2.12. The highest BCUT2D eigenvalue weighted by Gasteiger charge is 2.17. The van der Waals surface area contributed by atoms with Gasteiger partial charge in [0.25, 0.3) is 0 Å². The van der Waals surface area contributed by atoms with E-state index >= 15 is 0 Å². The lowest BCUT2D eigenvalue weighted by Crippen LogP contribution is -2.25. The highest BCUT2D eigenvalue weighted by atomic mass is 127. The molecule has 6 heteroatoms. The van der Waals surface area contributed by atoms with E-state index in [1.54, 1.807) is 0 Å². The van der Waals surface area contributed by atoms with Crippen molar-refractivity contribution in [3.63, 3.8) is 0 Å². The number of amidine groups is 1. The van der Waals surface area contributed by atoms with Gasteiger partial charge in [-0.1, -0.05) is 45.2 Å². The van der Waals surface area contributed by atoms with Crippen LogP contribution in [0.15, 0.2) is 23.5 Å². The summed E-state index contributed by atoms with van der Waals surface area (Å²) >= 11 is 4.65. The molecule has 1 aliphatic rings. The lowest BCUT2D eigenvalue weighted by Gasteiger charge is -2.14. The van der Waals surface area contributed by atoms with Gasteiger partial charge in [-0.3, -0.25) is 4.99 Å². The second-order valence-corrected chi connectivity index (χ2v) is 5.06. The van der Waals surface area contributed by atoms with E-state index in [1.165, 1.54) is 0 Å². The number of aliphatic imine (C=N–C) groups is 1. The van der Waals surface area contributed by atoms with Crippen molar-refractivity contribution in [2.24, 2.45) is 4.99 Å². The number of rotatable bonds is 3. The molecule has 0 saturated carbocycles. The van der Waals surface area contributed by atoms with Crippen molar-refractivity contribution in [3.8, 4) is 0 Å². The fourth-order valence-electron chi connectivity index (χ4n) is 1.27. The second-order valence-electron chi connectivity index (χ2n) is 3.05.